The van der Waals surface area contributed by atoms with Crippen LogP contribution in [0.25, 0.3) is 0 Å². The molecule has 0 heterocycles. The van der Waals surface area contributed by atoms with Gasteiger partial charge in [0.2, 0.25) is 5.91 Å². The van der Waals surface area contributed by atoms with E-state index in [9.17, 15) is 17.8 Å². The molecule has 0 radical (unpaired) electrons. The molecule has 0 fully saturated rings. The monoisotopic (exact) mass is 311 g/mol. The van der Waals surface area contributed by atoms with E-state index >= 15 is 0 Å². The third-order valence-corrected chi connectivity index (χ3v) is 4.75. The summed E-state index contributed by atoms with van der Waals surface area (Å²) in [7, 11) is -1.68. The lowest BCUT2D eigenvalue weighted by Crippen LogP contribution is -2.26. The molecule has 0 bridgehead atoms. The Balaban J connectivity index is 2.37. The molecule has 0 aliphatic heterocycles. The maximum Gasteiger partial charge on any atom is 0.270 e. The van der Waals surface area contributed by atoms with Gasteiger partial charge in [-0.3, -0.25) is 9.00 Å². The lowest BCUT2D eigenvalue weighted by molar-refractivity contribution is -0.115. The summed E-state index contributed by atoms with van der Waals surface area (Å²) in [5.41, 5.74) is 6.05. The number of primary amides is 1. The Morgan fingerprint density at radius 1 is 1.33 bits per heavy atom. The highest BCUT2D eigenvalue weighted by Crippen LogP contribution is 2.38. The number of nitrogens with two attached hydrogens (primary N) is 1. The fraction of sp³-hybridized carbons (Fsp3) is 0.267. The van der Waals surface area contributed by atoms with Crippen LogP contribution in [-0.2, 0) is 15.6 Å². The first kappa shape index (κ1) is 15.6. The number of hydrogen-bond donors (Lipinski definition) is 1. The number of carbonyl (C=O) groups excluding carboxylic acids is 1. The van der Waals surface area contributed by atoms with Crippen LogP contribution in [0.5, 0.6) is 0 Å². The third-order valence-electron chi connectivity index (χ3n) is 3.08. The van der Waals surface area contributed by atoms with E-state index in [0.29, 0.717) is 11.1 Å². The van der Waals surface area contributed by atoms with Crippen molar-refractivity contribution in [3.63, 3.8) is 0 Å². The predicted molar refractivity (Wildman–Crippen MR) is 78.2 cm³/mol. The van der Waals surface area contributed by atoms with Crippen molar-refractivity contribution in [2.75, 3.05) is 5.75 Å². The number of halogens is 2. The Hall–Kier alpha value is -1.82. The van der Waals surface area contributed by atoms with E-state index in [-0.39, 0.29) is 5.75 Å². The van der Waals surface area contributed by atoms with Crippen LogP contribution in [0.3, 0.4) is 0 Å². The normalized spacial score (nSPS) is 19.6. The number of allylic oxidation sites excluding steroid dienone is 3. The molecule has 112 valence electrons. The zero-order valence-corrected chi connectivity index (χ0v) is 12.0. The van der Waals surface area contributed by atoms with Gasteiger partial charge in [0.1, 0.15) is 5.75 Å². The molecule has 1 aliphatic rings. The highest BCUT2D eigenvalue weighted by atomic mass is 32.2. The average molecular weight is 311 g/mol. The largest absolute Gasteiger partial charge is 0.369 e. The number of amides is 1. The van der Waals surface area contributed by atoms with Crippen LogP contribution >= 0.6 is 0 Å². The van der Waals surface area contributed by atoms with E-state index in [2.05, 4.69) is 0 Å². The highest BCUT2D eigenvalue weighted by molar-refractivity contribution is 7.86. The Bertz CT molecular complexity index is 611. The minimum atomic E-state index is -2.96. The van der Waals surface area contributed by atoms with Gasteiger partial charge in [-0.25, -0.2) is 8.78 Å². The van der Waals surface area contributed by atoms with Crippen molar-refractivity contribution in [2.24, 2.45) is 5.73 Å². The van der Waals surface area contributed by atoms with Gasteiger partial charge in [0.25, 0.3) is 5.92 Å². The lowest BCUT2D eigenvalue weighted by Gasteiger charge is -2.25. The summed E-state index contributed by atoms with van der Waals surface area (Å²) in [5, 5.41) is -0.755. The van der Waals surface area contributed by atoms with Crippen molar-refractivity contribution < 1.29 is 17.8 Å². The lowest BCUT2D eigenvalue weighted by atomic mass is 9.95. The molecule has 1 amide bonds. The summed E-state index contributed by atoms with van der Waals surface area (Å²) in [5.74, 6) is -4.03. The summed E-state index contributed by atoms with van der Waals surface area (Å²) in [6, 6.07) is 8.67. The van der Waals surface area contributed by atoms with Crippen LogP contribution in [0.1, 0.15) is 17.2 Å². The molecule has 1 aromatic carbocycles. The van der Waals surface area contributed by atoms with Crippen LogP contribution in [0, 0.1) is 0 Å². The van der Waals surface area contributed by atoms with Gasteiger partial charge in [0, 0.05) is 17.2 Å². The number of carbonyl (C=O) groups is 1. The fourth-order valence-corrected chi connectivity index (χ4v) is 3.68. The molecule has 2 unspecified atom stereocenters. The van der Waals surface area contributed by atoms with Gasteiger partial charge in [-0.2, -0.15) is 0 Å². The zero-order valence-electron chi connectivity index (χ0n) is 11.2. The number of alkyl halides is 2. The van der Waals surface area contributed by atoms with Crippen molar-refractivity contribution in [2.45, 2.75) is 17.6 Å². The molecule has 3 nitrogen and oxygen atoms in total. The van der Waals surface area contributed by atoms with Crippen LogP contribution < -0.4 is 5.73 Å². The van der Waals surface area contributed by atoms with Gasteiger partial charge in [-0.05, 0) is 17.2 Å². The zero-order chi connectivity index (χ0) is 15.5. The summed E-state index contributed by atoms with van der Waals surface area (Å²) in [6.07, 6.45) is 3.10. The van der Waals surface area contributed by atoms with Crippen molar-refractivity contribution >= 4 is 16.7 Å². The predicted octanol–water partition coefficient (Wildman–Crippen LogP) is 2.48. The topological polar surface area (TPSA) is 60.2 Å². The number of hydrogen-bond acceptors (Lipinski definition) is 2. The molecule has 6 heteroatoms. The quantitative estimate of drug-likeness (QED) is 0.908. The van der Waals surface area contributed by atoms with Crippen LogP contribution in [0.2, 0.25) is 0 Å². The molecular formula is C15H15F2NO2S. The second-order valence-corrected chi connectivity index (χ2v) is 6.34. The fourth-order valence-electron chi connectivity index (χ4n) is 2.27. The average Bonchev–Trinajstić information content (AvgIpc) is 2.38. The Labute approximate surface area is 124 Å². The maximum absolute atomic E-state index is 13.5. The second kappa shape index (κ2) is 6.30. The van der Waals surface area contributed by atoms with E-state index in [0.717, 1.165) is 6.08 Å². The van der Waals surface area contributed by atoms with E-state index in [1.807, 2.05) is 0 Å². The standard InChI is InChI=1S/C15H15F2NO2S/c16-15(17)8-4-7-12(9-15)14(21(20)10-13(18)19)11-5-2-1-3-6-11/h1-8,14H,9-10H2,(H2,18,19). The van der Waals surface area contributed by atoms with E-state index < -0.39 is 34.3 Å². The van der Waals surface area contributed by atoms with Crippen molar-refractivity contribution in [3.05, 3.63) is 59.7 Å². The maximum atomic E-state index is 13.5. The molecular weight excluding hydrogens is 296 g/mol. The van der Waals surface area contributed by atoms with Gasteiger partial charge in [0.15, 0.2) is 0 Å². The molecule has 0 spiro atoms. The first-order valence-corrected chi connectivity index (χ1v) is 7.74. The van der Waals surface area contributed by atoms with Gasteiger partial charge >= 0.3 is 0 Å². The summed E-state index contributed by atoms with van der Waals surface area (Å²) >= 11 is 0. The van der Waals surface area contributed by atoms with E-state index in [1.165, 1.54) is 12.2 Å². The van der Waals surface area contributed by atoms with E-state index in [1.54, 1.807) is 30.3 Å². The number of rotatable bonds is 5. The van der Waals surface area contributed by atoms with Crippen molar-refractivity contribution in [1.29, 1.82) is 0 Å². The molecule has 0 aromatic heterocycles. The minimum absolute atomic E-state index is 0.341. The van der Waals surface area contributed by atoms with Crippen molar-refractivity contribution in [1.82, 2.24) is 0 Å². The minimum Gasteiger partial charge on any atom is -0.369 e. The van der Waals surface area contributed by atoms with Crippen LogP contribution in [0.4, 0.5) is 8.78 Å². The number of benzene rings is 1. The Morgan fingerprint density at radius 2 is 2.00 bits per heavy atom. The van der Waals surface area contributed by atoms with Crippen LogP contribution in [-0.4, -0.2) is 21.8 Å². The third kappa shape index (κ3) is 4.07. The molecule has 1 aromatic rings. The second-order valence-electron chi connectivity index (χ2n) is 4.82. The Morgan fingerprint density at radius 3 is 2.57 bits per heavy atom. The summed E-state index contributed by atoms with van der Waals surface area (Å²) in [4.78, 5) is 11.0. The SMILES string of the molecule is NC(=O)CS(=O)C(C1=CC=CC(F)(F)C1)c1ccccc1. The first-order chi connectivity index (χ1) is 9.89. The highest BCUT2D eigenvalue weighted by Gasteiger charge is 2.34. The van der Waals surface area contributed by atoms with Gasteiger partial charge < -0.3 is 5.73 Å². The van der Waals surface area contributed by atoms with Gasteiger partial charge in [0.05, 0.1) is 5.25 Å². The summed E-state index contributed by atoms with van der Waals surface area (Å²) < 4.78 is 39.4. The van der Waals surface area contributed by atoms with Crippen LogP contribution in [0.15, 0.2) is 54.1 Å². The molecule has 0 saturated heterocycles. The molecule has 21 heavy (non-hydrogen) atoms. The van der Waals surface area contributed by atoms with Gasteiger partial charge in [-0.1, -0.05) is 42.5 Å². The van der Waals surface area contributed by atoms with Crippen molar-refractivity contribution in [3.8, 4) is 0 Å². The smallest absolute Gasteiger partial charge is 0.270 e. The first-order valence-electron chi connectivity index (χ1n) is 6.35. The van der Waals surface area contributed by atoms with Gasteiger partial charge in [-0.15, -0.1) is 0 Å². The molecule has 2 N–H and O–H groups in total. The molecule has 1 aliphatic carbocycles. The molecule has 0 saturated carbocycles. The van der Waals surface area contributed by atoms with E-state index in [4.69, 9.17) is 5.73 Å². The molecule has 2 atom stereocenters. The molecule has 2 rings (SSSR count). The summed E-state index contributed by atoms with van der Waals surface area (Å²) in [6.45, 7) is 0. The Kier molecular flexibility index (Phi) is 4.67.